The number of hydrogen-bond acceptors (Lipinski definition) is 6. The topological polar surface area (TPSA) is 113 Å². The first kappa shape index (κ1) is 20.1. The van der Waals surface area contributed by atoms with Gasteiger partial charge >= 0.3 is 0 Å². The lowest BCUT2D eigenvalue weighted by atomic mass is 10.1. The lowest BCUT2D eigenvalue weighted by molar-refractivity contribution is 0.100. The summed E-state index contributed by atoms with van der Waals surface area (Å²) in [4.78, 5) is 23.9. The minimum absolute atomic E-state index is 0.377. The first-order chi connectivity index (χ1) is 15.6. The zero-order valence-electron chi connectivity index (χ0n) is 17.9. The molecule has 8 nitrogen and oxygen atoms in total. The van der Waals surface area contributed by atoms with Crippen molar-refractivity contribution in [3.05, 3.63) is 70.9 Å². The number of benzene rings is 2. The first-order valence-corrected chi connectivity index (χ1v) is 10.7. The molecule has 8 heteroatoms. The maximum atomic E-state index is 11.8. The Morgan fingerprint density at radius 1 is 1.16 bits per heavy atom. The molecule has 5 rings (SSSR count). The molecular weight excluding hydrogens is 402 g/mol. The highest BCUT2D eigenvalue weighted by molar-refractivity contribution is 6.07. The molecule has 1 amide bonds. The number of para-hydroxylation sites is 1. The maximum Gasteiger partial charge on any atom is 0.250 e. The Kier molecular flexibility index (Phi) is 5.28. The number of nitrogens with zero attached hydrogens (tertiary/aromatic N) is 4. The predicted molar refractivity (Wildman–Crippen MR) is 124 cm³/mol. The van der Waals surface area contributed by atoms with Crippen LogP contribution in [0.15, 0.2) is 48.5 Å². The number of primary amides is 1. The van der Waals surface area contributed by atoms with Crippen LogP contribution in [0.1, 0.15) is 33.6 Å². The number of amides is 1. The molecule has 0 aliphatic carbocycles. The van der Waals surface area contributed by atoms with E-state index < -0.39 is 5.91 Å². The highest BCUT2D eigenvalue weighted by atomic mass is 16.1. The number of aromatic nitrogens is 4. The van der Waals surface area contributed by atoms with Gasteiger partial charge in [-0.05, 0) is 38.1 Å². The van der Waals surface area contributed by atoms with Crippen molar-refractivity contribution in [2.75, 3.05) is 18.9 Å². The molecule has 4 N–H and O–H groups in total. The predicted octanol–water partition coefficient (Wildman–Crippen LogP) is 3.11. The molecule has 3 heterocycles. The number of rotatable bonds is 5. The first-order valence-electron chi connectivity index (χ1n) is 10.7. The molecule has 0 saturated heterocycles. The molecule has 0 spiro atoms. The van der Waals surface area contributed by atoms with Gasteiger partial charge in [0, 0.05) is 24.0 Å². The molecule has 1 aliphatic rings. The molecule has 0 fully saturated rings. The van der Waals surface area contributed by atoms with Crippen LogP contribution in [0.4, 0.5) is 5.82 Å². The molecule has 0 atom stereocenters. The van der Waals surface area contributed by atoms with Gasteiger partial charge in [-0.25, -0.2) is 9.97 Å². The van der Waals surface area contributed by atoms with Crippen LogP contribution in [0.3, 0.4) is 0 Å². The van der Waals surface area contributed by atoms with Crippen LogP contribution in [0, 0.1) is 0 Å². The summed E-state index contributed by atoms with van der Waals surface area (Å²) in [5.74, 6) is 0.889. The van der Waals surface area contributed by atoms with Crippen molar-refractivity contribution in [2.45, 2.75) is 25.9 Å². The van der Waals surface area contributed by atoms with Crippen LogP contribution in [-0.4, -0.2) is 44.6 Å². The number of nitrogens with two attached hydrogens (primary N) is 1. The molecule has 1 aliphatic heterocycles. The maximum absolute atomic E-state index is 11.8. The van der Waals surface area contributed by atoms with Gasteiger partial charge in [-0.2, -0.15) is 5.10 Å². The van der Waals surface area contributed by atoms with Crippen LogP contribution in [-0.2, 0) is 19.5 Å². The zero-order valence-corrected chi connectivity index (χ0v) is 17.9. The molecule has 2 aromatic heterocycles. The van der Waals surface area contributed by atoms with Gasteiger partial charge in [-0.15, -0.1) is 0 Å². The molecule has 0 bridgehead atoms. The van der Waals surface area contributed by atoms with Crippen LogP contribution >= 0.6 is 0 Å². The number of nitrogens with one attached hydrogen (secondary N) is 2. The van der Waals surface area contributed by atoms with Crippen LogP contribution in [0.5, 0.6) is 0 Å². The summed E-state index contributed by atoms with van der Waals surface area (Å²) >= 11 is 0. The summed E-state index contributed by atoms with van der Waals surface area (Å²) in [5.41, 5.74) is 10.5. The summed E-state index contributed by atoms with van der Waals surface area (Å²) in [6.45, 7) is 2.44. The van der Waals surface area contributed by atoms with E-state index in [4.69, 9.17) is 15.7 Å². The van der Waals surface area contributed by atoms with Crippen LogP contribution in [0.2, 0.25) is 0 Å². The molecule has 0 unspecified atom stereocenters. The van der Waals surface area contributed by atoms with Crippen molar-refractivity contribution in [1.29, 1.82) is 0 Å². The average molecular weight is 428 g/mol. The van der Waals surface area contributed by atoms with E-state index in [-0.39, 0.29) is 0 Å². The van der Waals surface area contributed by atoms with E-state index in [1.807, 2.05) is 24.3 Å². The molecule has 162 valence electrons. The quantitative estimate of drug-likeness (QED) is 0.451. The van der Waals surface area contributed by atoms with Gasteiger partial charge in [0.1, 0.15) is 17.0 Å². The zero-order chi connectivity index (χ0) is 22.1. The summed E-state index contributed by atoms with van der Waals surface area (Å²) in [6.07, 6.45) is 1.98. The van der Waals surface area contributed by atoms with Crippen molar-refractivity contribution in [3.8, 4) is 11.5 Å². The molecule has 0 saturated carbocycles. The number of carbonyl (C=O) groups is 1. The minimum atomic E-state index is -0.511. The van der Waals surface area contributed by atoms with Crippen molar-refractivity contribution in [3.63, 3.8) is 0 Å². The van der Waals surface area contributed by atoms with Gasteiger partial charge in [0.15, 0.2) is 5.82 Å². The summed E-state index contributed by atoms with van der Waals surface area (Å²) in [7, 11) is 2.11. The third-order valence-electron chi connectivity index (χ3n) is 5.86. The minimum Gasteiger partial charge on any atom is -0.366 e. The van der Waals surface area contributed by atoms with E-state index in [1.165, 1.54) is 5.56 Å². The van der Waals surface area contributed by atoms with E-state index >= 15 is 0 Å². The van der Waals surface area contributed by atoms with Gasteiger partial charge in [-0.3, -0.25) is 9.89 Å². The highest BCUT2D eigenvalue weighted by Gasteiger charge is 2.22. The fourth-order valence-electron chi connectivity index (χ4n) is 4.23. The van der Waals surface area contributed by atoms with E-state index in [1.54, 1.807) is 12.1 Å². The number of aromatic amines is 1. The number of fused-ring (bicyclic) bond motifs is 2. The van der Waals surface area contributed by atoms with Crippen LogP contribution in [0.25, 0.3) is 22.4 Å². The smallest absolute Gasteiger partial charge is 0.250 e. The molecule has 2 aromatic carbocycles. The lowest BCUT2D eigenvalue weighted by Crippen LogP contribution is -2.18. The summed E-state index contributed by atoms with van der Waals surface area (Å²) in [6, 6.07) is 15.6. The molecule has 4 aromatic rings. The Morgan fingerprint density at radius 2 is 2.00 bits per heavy atom. The van der Waals surface area contributed by atoms with E-state index in [0.717, 1.165) is 48.4 Å². The molecule has 0 radical (unpaired) electrons. The normalized spacial score (nSPS) is 14.2. The van der Waals surface area contributed by atoms with Gasteiger partial charge in [0.25, 0.3) is 5.91 Å². The van der Waals surface area contributed by atoms with Gasteiger partial charge < -0.3 is 16.0 Å². The second-order valence-electron chi connectivity index (χ2n) is 8.17. The second kappa shape index (κ2) is 8.39. The lowest BCUT2D eigenvalue weighted by Gasteiger charge is -2.16. The van der Waals surface area contributed by atoms with Crippen molar-refractivity contribution in [2.24, 2.45) is 5.73 Å². The monoisotopic (exact) mass is 427 g/mol. The van der Waals surface area contributed by atoms with Crippen molar-refractivity contribution < 1.29 is 4.79 Å². The Morgan fingerprint density at radius 3 is 2.81 bits per heavy atom. The van der Waals surface area contributed by atoms with E-state index in [2.05, 4.69) is 39.6 Å². The van der Waals surface area contributed by atoms with E-state index in [9.17, 15) is 4.79 Å². The SMILES string of the molecule is CN1CCCc2c(nc(-c3[nH]nc4c(C(N)=O)cccc34)nc2NCc2ccccc2)C1. The Labute approximate surface area is 185 Å². The molecule has 32 heavy (non-hydrogen) atoms. The average Bonchev–Trinajstić information content (AvgIpc) is 3.14. The number of carbonyl (C=O) groups excluding carboxylic acids is 1. The highest BCUT2D eigenvalue weighted by Crippen LogP contribution is 2.30. The van der Waals surface area contributed by atoms with Crippen molar-refractivity contribution in [1.82, 2.24) is 25.1 Å². The Bertz CT molecular complexity index is 1280. The van der Waals surface area contributed by atoms with Gasteiger partial charge in [-0.1, -0.05) is 42.5 Å². The summed E-state index contributed by atoms with van der Waals surface area (Å²) < 4.78 is 0. The third-order valence-corrected chi connectivity index (χ3v) is 5.86. The third kappa shape index (κ3) is 3.80. The Balaban J connectivity index is 1.61. The second-order valence-corrected chi connectivity index (χ2v) is 8.17. The Hall–Kier alpha value is -3.78. The fraction of sp³-hybridized carbons (Fsp3) is 0.250. The number of anilines is 1. The number of hydrogen-bond donors (Lipinski definition) is 3. The van der Waals surface area contributed by atoms with Crippen LogP contribution < -0.4 is 11.1 Å². The largest absolute Gasteiger partial charge is 0.366 e. The van der Waals surface area contributed by atoms with Crippen molar-refractivity contribution >= 4 is 22.6 Å². The molecular formula is C24H25N7O. The van der Waals surface area contributed by atoms with E-state index in [0.29, 0.717) is 29.1 Å². The van der Waals surface area contributed by atoms with Gasteiger partial charge in [0.05, 0.1) is 11.3 Å². The van der Waals surface area contributed by atoms with Gasteiger partial charge in [0.2, 0.25) is 0 Å². The fourth-order valence-corrected chi connectivity index (χ4v) is 4.23. The number of H-pyrrole nitrogens is 1. The standard InChI is InChI=1S/C24H25N7O/c1-31-12-6-11-16-19(14-31)27-24(28-23(16)26-13-15-7-3-2-4-8-15)21-17-9-5-10-18(22(25)32)20(17)29-30-21/h2-5,7-10H,6,11-14H2,1H3,(H2,25,32)(H,29,30)(H,26,27,28). The summed E-state index contributed by atoms with van der Waals surface area (Å²) in [5, 5.41) is 11.7.